The molecule has 0 aliphatic heterocycles. The van der Waals surface area contributed by atoms with Crippen LogP contribution in [-0.4, -0.2) is 20.8 Å². The topological polar surface area (TPSA) is 73.0 Å². The SMILES string of the molecule is Cc1ccc(-c2cc(C(=O)NCc3ccn(C)n3)no2)cc1. The number of nitrogens with one attached hydrogen (secondary N) is 1. The highest BCUT2D eigenvalue weighted by atomic mass is 16.5. The minimum Gasteiger partial charge on any atom is -0.355 e. The van der Waals surface area contributed by atoms with Gasteiger partial charge in [0.15, 0.2) is 11.5 Å². The molecule has 0 aliphatic carbocycles. The van der Waals surface area contributed by atoms with E-state index in [1.165, 1.54) is 0 Å². The second-order valence-electron chi connectivity index (χ2n) is 5.11. The zero-order valence-corrected chi connectivity index (χ0v) is 12.4. The fraction of sp³-hybridized carbons (Fsp3) is 0.188. The monoisotopic (exact) mass is 296 g/mol. The molecule has 0 fully saturated rings. The summed E-state index contributed by atoms with van der Waals surface area (Å²) in [5.74, 6) is 0.288. The summed E-state index contributed by atoms with van der Waals surface area (Å²) < 4.78 is 6.92. The zero-order valence-electron chi connectivity index (χ0n) is 12.4. The lowest BCUT2D eigenvalue weighted by molar-refractivity contribution is 0.0941. The molecule has 0 radical (unpaired) electrons. The van der Waals surface area contributed by atoms with Gasteiger partial charge >= 0.3 is 0 Å². The zero-order chi connectivity index (χ0) is 15.5. The standard InChI is InChI=1S/C16H16N4O2/c1-11-3-5-12(6-4-11)15-9-14(19-22-15)16(21)17-10-13-7-8-20(2)18-13/h3-9H,10H2,1-2H3,(H,17,21). The van der Waals surface area contributed by atoms with Crippen LogP contribution in [0.2, 0.25) is 0 Å². The molecule has 0 atom stereocenters. The van der Waals surface area contributed by atoms with Gasteiger partial charge in [0.05, 0.1) is 12.2 Å². The number of aryl methyl sites for hydroxylation is 2. The van der Waals surface area contributed by atoms with Gasteiger partial charge in [0, 0.05) is 24.9 Å². The maximum absolute atomic E-state index is 12.1. The van der Waals surface area contributed by atoms with Crippen LogP contribution in [0.5, 0.6) is 0 Å². The van der Waals surface area contributed by atoms with Crippen LogP contribution < -0.4 is 5.32 Å². The number of carbonyl (C=O) groups is 1. The van der Waals surface area contributed by atoms with Crippen molar-refractivity contribution in [2.75, 3.05) is 0 Å². The van der Waals surface area contributed by atoms with Crippen LogP contribution in [-0.2, 0) is 13.6 Å². The van der Waals surface area contributed by atoms with E-state index in [9.17, 15) is 4.79 Å². The predicted octanol–water partition coefficient (Wildman–Crippen LogP) is 2.31. The van der Waals surface area contributed by atoms with E-state index < -0.39 is 0 Å². The molecule has 3 rings (SSSR count). The number of hydrogen-bond donors (Lipinski definition) is 1. The molecule has 2 aromatic heterocycles. The Hall–Kier alpha value is -2.89. The summed E-state index contributed by atoms with van der Waals surface area (Å²) in [7, 11) is 1.83. The molecule has 0 saturated heterocycles. The van der Waals surface area contributed by atoms with Crippen LogP contribution in [0.25, 0.3) is 11.3 Å². The Morgan fingerprint density at radius 2 is 2.05 bits per heavy atom. The molecule has 0 bridgehead atoms. The number of nitrogens with zero attached hydrogens (tertiary/aromatic N) is 3. The molecule has 6 nitrogen and oxygen atoms in total. The largest absolute Gasteiger partial charge is 0.355 e. The third kappa shape index (κ3) is 3.06. The number of amides is 1. The van der Waals surface area contributed by atoms with E-state index in [1.807, 2.05) is 50.5 Å². The quantitative estimate of drug-likeness (QED) is 0.802. The van der Waals surface area contributed by atoms with E-state index in [0.29, 0.717) is 12.3 Å². The molecule has 0 aliphatic rings. The van der Waals surface area contributed by atoms with Gasteiger partial charge in [-0.3, -0.25) is 9.48 Å². The summed E-state index contributed by atoms with van der Waals surface area (Å²) in [6.45, 7) is 2.37. The number of hydrogen-bond acceptors (Lipinski definition) is 4. The van der Waals surface area contributed by atoms with Gasteiger partial charge in [0.2, 0.25) is 0 Å². The van der Waals surface area contributed by atoms with E-state index in [-0.39, 0.29) is 11.6 Å². The Kier molecular flexibility index (Phi) is 3.74. The normalized spacial score (nSPS) is 10.6. The molecule has 0 spiro atoms. The van der Waals surface area contributed by atoms with Gasteiger partial charge in [-0.2, -0.15) is 5.10 Å². The van der Waals surface area contributed by atoms with Gasteiger partial charge in [-0.1, -0.05) is 35.0 Å². The Labute approximate surface area is 127 Å². The van der Waals surface area contributed by atoms with Crippen LogP contribution in [0.4, 0.5) is 0 Å². The van der Waals surface area contributed by atoms with Gasteiger partial charge in [-0.05, 0) is 13.0 Å². The van der Waals surface area contributed by atoms with Crippen molar-refractivity contribution in [1.29, 1.82) is 0 Å². The van der Waals surface area contributed by atoms with Crippen molar-refractivity contribution >= 4 is 5.91 Å². The van der Waals surface area contributed by atoms with E-state index in [0.717, 1.165) is 16.8 Å². The lowest BCUT2D eigenvalue weighted by atomic mass is 10.1. The van der Waals surface area contributed by atoms with Crippen molar-refractivity contribution in [1.82, 2.24) is 20.3 Å². The third-order valence-corrected chi connectivity index (χ3v) is 3.28. The first-order valence-corrected chi connectivity index (χ1v) is 6.92. The highest BCUT2D eigenvalue weighted by molar-refractivity contribution is 5.93. The van der Waals surface area contributed by atoms with Gasteiger partial charge in [0.25, 0.3) is 5.91 Å². The van der Waals surface area contributed by atoms with Crippen molar-refractivity contribution in [3.63, 3.8) is 0 Å². The first-order chi connectivity index (χ1) is 10.6. The summed E-state index contributed by atoms with van der Waals surface area (Å²) in [5, 5.41) is 10.8. The molecule has 2 heterocycles. The molecule has 0 saturated carbocycles. The molecule has 112 valence electrons. The number of rotatable bonds is 4. The number of benzene rings is 1. The van der Waals surface area contributed by atoms with Crippen LogP contribution >= 0.6 is 0 Å². The first-order valence-electron chi connectivity index (χ1n) is 6.92. The van der Waals surface area contributed by atoms with Crippen molar-refractivity contribution < 1.29 is 9.32 Å². The first kappa shape index (κ1) is 14.1. The smallest absolute Gasteiger partial charge is 0.273 e. The lowest BCUT2D eigenvalue weighted by Gasteiger charge is -1.99. The maximum Gasteiger partial charge on any atom is 0.273 e. The number of aromatic nitrogens is 3. The second-order valence-corrected chi connectivity index (χ2v) is 5.11. The van der Waals surface area contributed by atoms with Gasteiger partial charge in [-0.25, -0.2) is 0 Å². The Balaban J connectivity index is 1.67. The lowest BCUT2D eigenvalue weighted by Crippen LogP contribution is -2.23. The average Bonchev–Trinajstić information content (AvgIpc) is 3.15. The second kappa shape index (κ2) is 5.85. The fourth-order valence-corrected chi connectivity index (χ4v) is 2.05. The average molecular weight is 296 g/mol. The van der Waals surface area contributed by atoms with E-state index in [4.69, 9.17) is 4.52 Å². The Morgan fingerprint density at radius 3 is 2.73 bits per heavy atom. The van der Waals surface area contributed by atoms with E-state index in [2.05, 4.69) is 15.6 Å². The van der Waals surface area contributed by atoms with Crippen LogP contribution in [0, 0.1) is 6.92 Å². The molecular weight excluding hydrogens is 280 g/mol. The highest BCUT2D eigenvalue weighted by Crippen LogP contribution is 2.20. The molecule has 22 heavy (non-hydrogen) atoms. The molecular formula is C16H16N4O2. The molecule has 3 aromatic rings. The van der Waals surface area contributed by atoms with Crippen molar-refractivity contribution in [3.05, 3.63) is 59.5 Å². The van der Waals surface area contributed by atoms with Crippen LogP contribution in [0.15, 0.2) is 47.1 Å². The predicted molar refractivity (Wildman–Crippen MR) is 81.1 cm³/mol. The molecule has 0 unspecified atom stereocenters. The fourth-order valence-electron chi connectivity index (χ4n) is 2.05. The molecule has 1 N–H and O–H groups in total. The summed E-state index contributed by atoms with van der Waals surface area (Å²) in [4.78, 5) is 12.1. The molecule has 1 amide bonds. The van der Waals surface area contributed by atoms with Gasteiger partial charge < -0.3 is 9.84 Å². The Morgan fingerprint density at radius 1 is 1.27 bits per heavy atom. The van der Waals surface area contributed by atoms with Gasteiger partial charge in [-0.15, -0.1) is 0 Å². The number of carbonyl (C=O) groups excluding carboxylic acids is 1. The summed E-state index contributed by atoms with van der Waals surface area (Å²) in [6.07, 6.45) is 1.83. The summed E-state index contributed by atoms with van der Waals surface area (Å²) in [5.41, 5.74) is 3.10. The summed E-state index contributed by atoms with van der Waals surface area (Å²) in [6, 6.07) is 11.3. The van der Waals surface area contributed by atoms with Crippen molar-refractivity contribution in [2.24, 2.45) is 7.05 Å². The Bertz CT molecular complexity index is 787. The van der Waals surface area contributed by atoms with E-state index >= 15 is 0 Å². The summed E-state index contributed by atoms with van der Waals surface area (Å²) >= 11 is 0. The minimum atomic E-state index is -0.284. The highest BCUT2D eigenvalue weighted by Gasteiger charge is 2.13. The molecule has 6 heteroatoms. The van der Waals surface area contributed by atoms with E-state index in [1.54, 1.807) is 10.7 Å². The van der Waals surface area contributed by atoms with Crippen molar-refractivity contribution in [3.8, 4) is 11.3 Å². The maximum atomic E-state index is 12.1. The molecule has 1 aromatic carbocycles. The van der Waals surface area contributed by atoms with Crippen LogP contribution in [0.3, 0.4) is 0 Å². The minimum absolute atomic E-state index is 0.256. The van der Waals surface area contributed by atoms with Crippen molar-refractivity contribution in [2.45, 2.75) is 13.5 Å². The van der Waals surface area contributed by atoms with Gasteiger partial charge in [0.1, 0.15) is 0 Å². The third-order valence-electron chi connectivity index (χ3n) is 3.28. The van der Waals surface area contributed by atoms with Crippen LogP contribution in [0.1, 0.15) is 21.7 Å².